The van der Waals surface area contributed by atoms with Gasteiger partial charge in [0.2, 0.25) is 11.8 Å². The van der Waals surface area contributed by atoms with Gasteiger partial charge in [0.05, 0.1) is 12.2 Å². The van der Waals surface area contributed by atoms with Crippen molar-refractivity contribution in [2.24, 2.45) is 5.10 Å². The summed E-state index contributed by atoms with van der Waals surface area (Å²) in [5.74, 6) is -4.29. The molecule has 0 radical (unpaired) electrons. The number of nitrogens with zero attached hydrogens (tertiary/aromatic N) is 2. The molecule has 4 atom stereocenters. The quantitative estimate of drug-likeness (QED) is 0.135. The lowest BCUT2D eigenvalue weighted by molar-refractivity contribution is -0.161. The number of carbonyl (C=O) groups is 6. The molecule has 2 aromatic carbocycles. The van der Waals surface area contributed by atoms with E-state index in [2.05, 4.69) is 21.2 Å². The molecule has 14 heteroatoms. The van der Waals surface area contributed by atoms with E-state index in [1.165, 1.54) is 40.9 Å². The van der Waals surface area contributed by atoms with Crippen LogP contribution in [0.15, 0.2) is 59.7 Å². The number of carboxylic acid groups (broad SMARTS) is 1. The van der Waals surface area contributed by atoms with Crippen molar-refractivity contribution in [3.63, 3.8) is 0 Å². The Kier molecular flexibility index (Phi) is 8.95. The van der Waals surface area contributed by atoms with Crippen molar-refractivity contribution in [1.29, 1.82) is 0 Å². The molecule has 2 aromatic rings. The second-order valence-electron chi connectivity index (χ2n) is 9.93. The first-order chi connectivity index (χ1) is 19.9. The summed E-state index contributed by atoms with van der Waals surface area (Å²) in [6.07, 6.45) is 0.789. The second-order valence-corrected chi connectivity index (χ2v) is 11.7. The van der Waals surface area contributed by atoms with E-state index in [1.54, 1.807) is 51.1 Å². The zero-order valence-electron chi connectivity index (χ0n) is 22.9. The lowest BCUT2D eigenvalue weighted by Crippen LogP contribution is -2.71. The predicted octanol–water partition coefficient (Wildman–Crippen LogP) is 1.07. The third-order valence-electron chi connectivity index (χ3n) is 6.66. The van der Waals surface area contributed by atoms with Crippen LogP contribution in [-0.2, 0) is 23.9 Å². The maximum Gasteiger partial charge on any atom is 0.338 e. The van der Waals surface area contributed by atoms with Crippen molar-refractivity contribution in [1.82, 2.24) is 21.0 Å². The number of hydrogen-bond acceptors (Lipinski definition) is 9. The highest BCUT2D eigenvalue weighted by atomic mass is 32.2. The normalized spacial score (nSPS) is 21.1. The van der Waals surface area contributed by atoms with Crippen LogP contribution in [0.2, 0.25) is 0 Å². The van der Waals surface area contributed by atoms with Gasteiger partial charge in [-0.3, -0.25) is 19.2 Å². The molecule has 2 heterocycles. The van der Waals surface area contributed by atoms with E-state index in [-0.39, 0.29) is 17.7 Å². The minimum absolute atomic E-state index is 0.180. The molecule has 4 amide bonds. The Balaban J connectivity index is 1.39. The van der Waals surface area contributed by atoms with Crippen LogP contribution in [0, 0.1) is 0 Å². The first-order valence-electron chi connectivity index (χ1n) is 12.9. The molecular weight excluding hydrogens is 566 g/mol. The molecule has 0 spiro atoms. The Hall–Kier alpha value is -4.72. The Morgan fingerprint density at radius 2 is 1.71 bits per heavy atom. The van der Waals surface area contributed by atoms with E-state index in [0.29, 0.717) is 5.56 Å². The maximum atomic E-state index is 13.3. The number of rotatable bonds is 10. The number of ether oxygens (including phenoxy) is 1. The van der Waals surface area contributed by atoms with E-state index < -0.39 is 63.8 Å². The first-order valence-corrected chi connectivity index (χ1v) is 13.8. The highest BCUT2D eigenvalue weighted by molar-refractivity contribution is 8.01. The fourth-order valence-electron chi connectivity index (χ4n) is 4.69. The van der Waals surface area contributed by atoms with Gasteiger partial charge >= 0.3 is 11.9 Å². The molecule has 13 nitrogen and oxygen atoms in total. The maximum absolute atomic E-state index is 13.3. The SMILES string of the molecule is CCOC(=O)c1ccc(C(=O)N/N=C/C(=O)NC(C(=O)NC2C(=O)N3[C@@H]2SC(C)(C)[C@@H]3C(=O)O)c2ccccc2)cc1. The van der Waals surface area contributed by atoms with Gasteiger partial charge in [0, 0.05) is 10.3 Å². The first kappa shape index (κ1) is 30.2. The predicted molar refractivity (Wildman–Crippen MR) is 151 cm³/mol. The van der Waals surface area contributed by atoms with Gasteiger partial charge in [0.15, 0.2) is 0 Å². The van der Waals surface area contributed by atoms with Crippen LogP contribution >= 0.6 is 11.8 Å². The summed E-state index contributed by atoms with van der Waals surface area (Å²) in [5, 5.41) is 17.9. The third kappa shape index (κ3) is 6.28. The molecule has 0 bridgehead atoms. The summed E-state index contributed by atoms with van der Waals surface area (Å²) < 4.78 is 4.14. The monoisotopic (exact) mass is 595 g/mol. The Morgan fingerprint density at radius 3 is 2.33 bits per heavy atom. The molecule has 0 saturated carbocycles. The van der Waals surface area contributed by atoms with E-state index >= 15 is 0 Å². The number of amides is 4. The van der Waals surface area contributed by atoms with E-state index in [1.807, 2.05) is 0 Å². The van der Waals surface area contributed by atoms with Crippen molar-refractivity contribution >= 4 is 53.5 Å². The summed E-state index contributed by atoms with van der Waals surface area (Å²) in [4.78, 5) is 75.9. The zero-order valence-corrected chi connectivity index (χ0v) is 23.7. The Labute approximate surface area is 245 Å². The molecule has 0 aromatic heterocycles. The largest absolute Gasteiger partial charge is 0.480 e. The van der Waals surface area contributed by atoms with Gasteiger partial charge in [-0.15, -0.1) is 11.8 Å². The molecule has 2 unspecified atom stereocenters. The molecule has 4 rings (SSSR count). The number of carboxylic acids is 1. The molecule has 2 saturated heterocycles. The van der Waals surface area contributed by atoms with Gasteiger partial charge in [-0.2, -0.15) is 5.10 Å². The molecular formula is C28H29N5O8S. The standard InChI is InChI=1S/C28H29N5O8S/c1-4-41-27(40)17-12-10-16(11-13-17)22(35)32-29-14-18(34)30-19(15-8-6-5-7-9-15)23(36)31-20-24(37)33-21(26(38)39)28(2,3)42-25(20)33/h5-14,19-21,25H,4H2,1-3H3,(H,30,34)(H,31,36)(H,32,35)(H,38,39)/b29-14+/t19?,20?,21-,25+/m0/s1. The number of β-lactam (4-membered cyclic amide) rings is 1. The fourth-order valence-corrected chi connectivity index (χ4v) is 6.32. The van der Waals surface area contributed by atoms with Crippen molar-refractivity contribution in [3.8, 4) is 0 Å². The van der Waals surface area contributed by atoms with Gasteiger partial charge in [-0.25, -0.2) is 15.0 Å². The van der Waals surface area contributed by atoms with Crippen LogP contribution in [-0.4, -0.2) is 80.6 Å². The third-order valence-corrected chi connectivity index (χ3v) is 8.23. The highest BCUT2D eigenvalue weighted by Gasteiger charge is 2.64. The molecule has 42 heavy (non-hydrogen) atoms. The molecule has 220 valence electrons. The summed E-state index contributed by atoms with van der Waals surface area (Å²) >= 11 is 1.28. The summed E-state index contributed by atoms with van der Waals surface area (Å²) in [7, 11) is 0. The van der Waals surface area contributed by atoms with Crippen molar-refractivity contribution in [2.75, 3.05) is 6.61 Å². The Bertz CT molecular complexity index is 1430. The minimum Gasteiger partial charge on any atom is -0.480 e. The summed E-state index contributed by atoms with van der Waals surface area (Å²) in [5.41, 5.74) is 3.08. The number of hydrogen-bond donors (Lipinski definition) is 4. The highest BCUT2D eigenvalue weighted by Crippen LogP contribution is 2.50. The molecule has 0 aliphatic carbocycles. The van der Waals surface area contributed by atoms with Crippen LogP contribution in [0.4, 0.5) is 0 Å². The lowest BCUT2D eigenvalue weighted by atomic mass is 9.95. The minimum atomic E-state index is -1.21. The van der Waals surface area contributed by atoms with E-state index in [4.69, 9.17) is 4.74 Å². The molecule has 2 fully saturated rings. The average molecular weight is 596 g/mol. The van der Waals surface area contributed by atoms with Crippen LogP contribution in [0.25, 0.3) is 0 Å². The van der Waals surface area contributed by atoms with Gasteiger partial charge in [0.25, 0.3) is 11.8 Å². The number of carbonyl (C=O) groups excluding carboxylic acids is 5. The molecule has 2 aliphatic rings. The van der Waals surface area contributed by atoms with Gasteiger partial charge < -0.3 is 25.4 Å². The van der Waals surface area contributed by atoms with Crippen LogP contribution < -0.4 is 16.1 Å². The van der Waals surface area contributed by atoms with Crippen molar-refractivity contribution in [2.45, 2.75) is 49.0 Å². The lowest BCUT2D eigenvalue weighted by Gasteiger charge is -2.44. The number of esters is 1. The van der Waals surface area contributed by atoms with E-state index in [9.17, 15) is 33.9 Å². The number of aliphatic carboxylic acids is 1. The van der Waals surface area contributed by atoms with Gasteiger partial charge in [-0.1, -0.05) is 30.3 Å². The van der Waals surface area contributed by atoms with Gasteiger partial charge in [0.1, 0.15) is 29.7 Å². The van der Waals surface area contributed by atoms with Crippen molar-refractivity contribution < 1.29 is 38.6 Å². The van der Waals surface area contributed by atoms with Crippen LogP contribution in [0.3, 0.4) is 0 Å². The molecule has 4 N–H and O–H groups in total. The topological polar surface area (TPSA) is 184 Å². The fraction of sp³-hybridized carbons (Fsp3) is 0.321. The number of hydrazone groups is 1. The second kappa shape index (κ2) is 12.4. The Morgan fingerprint density at radius 1 is 1.07 bits per heavy atom. The summed E-state index contributed by atoms with van der Waals surface area (Å²) in [6.45, 7) is 5.35. The van der Waals surface area contributed by atoms with Gasteiger partial charge in [-0.05, 0) is 50.6 Å². The molecule has 2 aliphatic heterocycles. The number of benzene rings is 2. The number of nitrogens with one attached hydrogen (secondary N) is 3. The smallest absolute Gasteiger partial charge is 0.338 e. The number of thioether (sulfide) groups is 1. The van der Waals surface area contributed by atoms with Crippen molar-refractivity contribution in [3.05, 3.63) is 71.3 Å². The van der Waals surface area contributed by atoms with Crippen LogP contribution in [0.1, 0.15) is 53.1 Å². The zero-order chi connectivity index (χ0) is 30.6. The average Bonchev–Trinajstić information content (AvgIpc) is 3.22. The van der Waals surface area contributed by atoms with E-state index in [0.717, 1.165) is 6.21 Å². The van der Waals surface area contributed by atoms with Crippen LogP contribution in [0.5, 0.6) is 0 Å². The number of fused-ring (bicyclic) bond motifs is 1. The summed E-state index contributed by atoms with van der Waals surface area (Å²) in [6, 6.07) is 10.8.